The Morgan fingerprint density at radius 2 is 1.96 bits per heavy atom. The van der Waals surface area contributed by atoms with Crippen LogP contribution < -0.4 is 10.2 Å². The summed E-state index contributed by atoms with van der Waals surface area (Å²) in [6, 6.07) is 10.3. The normalized spacial score (nSPS) is 16.4. The number of hydrogen-bond donors (Lipinski definition) is 1. The topological polar surface area (TPSA) is 62.3 Å². The van der Waals surface area contributed by atoms with E-state index < -0.39 is 17.6 Å². The molecule has 142 valence electrons. The standard InChI is InChI=1S/C20H15F2N3O2S/c21-14-3-6-17(16(22)10-14)25-11-13(9-18(25)26)19(27)24-15-4-1-12(2-5-15)20-23-7-8-28-20/h1-8,10,13H,9,11H2,(H,24,27)/t13-/m1/s1. The molecule has 2 heterocycles. The van der Waals surface area contributed by atoms with E-state index in [9.17, 15) is 18.4 Å². The third-order valence-electron chi connectivity index (χ3n) is 4.53. The minimum Gasteiger partial charge on any atom is -0.326 e. The van der Waals surface area contributed by atoms with E-state index in [0.717, 1.165) is 22.7 Å². The fourth-order valence-electron chi connectivity index (χ4n) is 3.12. The molecule has 5 nitrogen and oxygen atoms in total. The Morgan fingerprint density at radius 3 is 2.64 bits per heavy atom. The van der Waals surface area contributed by atoms with Crippen molar-refractivity contribution in [3.63, 3.8) is 0 Å². The second kappa shape index (κ2) is 7.47. The second-order valence-corrected chi connectivity index (χ2v) is 7.30. The zero-order valence-electron chi connectivity index (χ0n) is 14.6. The predicted molar refractivity (Wildman–Crippen MR) is 103 cm³/mol. The van der Waals surface area contributed by atoms with Gasteiger partial charge >= 0.3 is 0 Å². The number of anilines is 2. The van der Waals surface area contributed by atoms with Gasteiger partial charge in [0.2, 0.25) is 11.8 Å². The van der Waals surface area contributed by atoms with Gasteiger partial charge < -0.3 is 10.2 Å². The maximum Gasteiger partial charge on any atom is 0.229 e. The summed E-state index contributed by atoms with van der Waals surface area (Å²) in [5, 5.41) is 5.56. The van der Waals surface area contributed by atoms with Crippen molar-refractivity contribution < 1.29 is 18.4 Å². The molecule has 8 heteroatoms. The SMILES string of the molecule is O=C(Nc1ccc(-c2nccs2)cc1)[C@@H]1CC(=O)N(c2ccc(F)cc2F)C1. The van der Waals surface area contributed by atoms with Gasteiger partial charge in [-0.2, -0.15) is 0 Å². The third kappa shape index (κ3) is 3.63. The number of rotatable bonds is 4. The summed E-state index contributed by atoms with van der Waals surface area (Å²) in [6.07, 6.45) is 1.70. The summed E-state index contributed by atoms with van der Waals surface area (Å²) in [5.74, 6) is -2.85. The van der Waals surface area contributed by atoms with Crippen molar-refractivity contribution in [3.8, 4) is 10.6 Å². The van der Waals surface area contributed by atoms with Crippen LogP contribution in [0.15, 0.2) is 54.0 Å². The molecule has 2 amide bonds. The number of carbonyl (C=O) groups excluding carboxylic acids is 2. The lowest BCUT2D eigenvalue weighted by atomic mass is 10.1. The fraction of sp³-hybridized carbons (Fsp3) is 0.150. The minimum atomic E-state index is -0.827. The summed E-state index contributed by atoms with van der Waals surface area (Å²) in [7, 11) is 0. The highest BCUT2D eigenvalue weighted by atomic mass is 32.1. The second-order valence-electron chi connectivity index (χ2n) is 6.40. The molecular weight excluding hydrogens is 384 g/mol. The third-order valence-corrected chi connectivity index (χ3v) is 5.35. The van der Waals surface area contributed by atoms with Gasteiger partial charge in [-0.15, -0.1) is 11.3 Å². The van der Waals surface area contributed by atoms with E-state index in [0.29, 0.717) is 5.69 Å². The Balaban J connectivity index is 1.43. The molecule has 4 rings (SSSR count). The molecule has 0 radical (unpaired) electrons. The molecule has 1 aromatic heterocycles. The van der Waals surface area contributed by atoms with Crippen molar-refractivity contribution in [2.24, 2.45) is 5.92 Å². The average Bonchev–Trinajstić information content (AvgIpc) is 3.33. The summed E-state index contributed by atoms with van der Waals surface area (Å²) < 4.78 is 27.1. The molecular formula is C20H15F2N3O2S. The summed E-state index contributed by atoms with van der Waals surface area (Å²) >= 11 is 1.52. The Bertz CT molecular complexity index is 1020. The van der Waals surface area contributed by atoms with Crippen LogP contribution in [0.3, 0.4) is 0 Å². The van der Waals surface area contributed by atoms with E-state index in [4.69, 9.17) is 0 Å². The lowest BCUT2D eigenvalue weighted by Gasteiger charge is -2.17. The number of nitrogens with zero attached hydrogens (tertiary/aromatic N) is 2. The molecule has 2 aromatic carbocycles. The van der Waals surface area contributed by atoms with Gasteiger partial charge in [-0.1, -0.05) is 0 Å². The van der Waals surface area contributed by atoms with Crippen molar-refractivity contribution in [2.45, 2.75) is 6.42 Å². The molecule has 1 aliphatic heterocycles. The Morgan fingerprint density at radius 1 is 1.18 bits per heavy atom. The number of amides is 2. The molecule has 1 saturated heterocycles. The van der Waals surface area contributed by atoms with E-state index in [1.165, 1.54) is 22.3 Å². The molecule has 0 spiro atoms. The van der Waals surface area contributed by atoms with Crippen molar-refractivity contribution in [1.29, 1.82) is 0 Å². The van der Waals surface area contributed by atoms with Crippen molar-refractivity contribution >= 4 is 34.5 Å². The predicted octanol–water partition coefficient (Wildman–Crippen LogP) is 4.08. The van der Waals surface area contributed by atoms with Crippen LogP contribution in [-0.2, 0) is 9.59 Å². The first-order valence-corrected chi connectivity index (χ1v) is 9.45. The molecule has 0 bridgehead atoms. The van der Waals surface area contributed by atoms with Gasteiger partial charge in [-0.3, -0.25) is 9.59 Å². The van der Waals surface area contributed by atoms with Crippen LogP contribution >= 0.6 is 11.3 Å². The number of carbonyl (C=O) groups is 2. The first kappa shape index (κ1) is 18.2. The van der Waals surface area contributed by atoms with Crippen molar-refractivity contribution in [2.75, 3.05) is 16.8 Å². The number of thiazole rings is 1. The number of halogens is 2. The molecule has 1 fully saturated rings. The van der Waals surface area contributed by atoms with E-state index in [1.54, 1.807) is 18.3 Å². The highest BCUT2D eigenvalue weighted by Crippen LogP contribution is 2.29. The minimum absolute atomic E-state index is 0.0190. The van der Waals surface area contributed by atoms with Crippen LogP contribution in [0.1, 0.15) is 6.42 Å². The Labute approximate surface area is 163 Å². The number of benzene rings is 2. The van der Waals surface area contributed by atoms with E-state index in [-0.39, 0.29) is 30.5 Å². The lowest BCUT2D eigenvalue weighted by molar-refractivity contribution is -0.122. The first-order valence-electron chi connectivity index (χ1n) is 8.57. The highest BCUT2D eigenvalue weighted by Gasteiger charge is 2.36. The molecule has 0 aliphatic carbocycles. The molecule has 28 heavy (non-hydrogen) atoms. The highest BCUT2D eigenvalue weighted by molar-refractivity contribution is 7.13. The van der Waals surface area contributed by atoms with Crippen molar-refractivity contribution in [1.82, 2.24) is 4.98 Å². The summed E-state index contributed by atoms with van der Waals surface area (Å²) in [6.45, 7) is 0.0460. The lowest BCUT2D eigenvalue weighted by Crippen LogP contribution is -2.28. The monoisotopic (exact) mass is 399 g/mol. The average molecular weight is 399 g/mol. The van der Waals surface area contributed by atoms with E-state index >= 15 is 0 Å². The zero-order chi connectivity index (χ0) is 19.7. The number of hydrogen-bond acceptors (Lipinski definition) is 4. The van der Waals surface area contributed by atoms with Crippen LogP contribution in [0.25, 0.3) is 10.6 Å². The largest absolute Gasteiger partial charge is 0.326 e. The summed E-state index contributed by atoms with van der Waals surface area (Å²) in [4.78, 5) is 30.2. The smallest absolute Gasteiger partial charge is 0.229 e. The maximum absolute atomic E-state index is 14.0. The molecule has 0 saturated carbocycles. The molecule has 0 unspecified atom stereocenters. The first-order chi connectivity index (χ1) is 13.5. The number of aromatic nitrogens is 1. The molecule has 1 N–H and O–H groups in total. The quantitative estimate of drug-likeness (QED) is 0.719. The van der Waals surface area contributed by atoms with Gasteiger partial charge in [0, 0.05) is 41.9 Å². The summed E-state index contributed by atoms with van der Waals surface area (Å²) in [5.41, 5.74) is 1.53. The van der Waals surface area contributed by atoms with Gasteiger partial charge in [0.05, 0.1) is 11.6 Å². The van der Waals surface area contributed by atoms with Crippen LogP contribution in [0.4, 0.5) is 20.2 Å². The van der Waals surface area contributed by atoms with Crippen molar-refractivity contribution in [3.05, 3.63) is 65.7 Å². The van der Waals surface area contributed by atoms with Gasteiger partial charge in [-0.05, 0) is 36.4 Å². The Kier molecular flexibility index (Phi) is 4.87. The molecule has 1 aliphatic rings. The van der Waals surface area contributed by atoms with Crippen LogP contribution in [0.2, 0.25) is 0 Å². The van der Waals surface area contributed by atoms with Gasteiger partial charge in [0.15, 0.2) is 0 Å². The maximum atomic E-state index is 14.0. The molecule has 1 atom stereocenters. The van der Waals surface area contributed by atoms with Crippen LogP contribution in [0, 0.1) is 17.6 Å². The fourth-order valence-corrected chi connectivity index (χ4v) is 3.77. The van der Waals surface area contributed by atoms with Crippen LogP contribution in [-0.4, -0.2) is 23.3 Å². The van der Waals surface area contributed by atoms with Gasteiger partial charge in [0.1, 0.15) is 16.6 Å². The van der Waals surface area contributed by atoms with Gasteiger partial charge in [0.25, 0.3) is 0 Å². The molecule has 3 aromatic rings. The van der Waals surface area contributed by atoms with Crippen LogP contribution in [0.5, 0.6) is 0 Å². The van der Waals surface area contributed by atoms with Gasteiger partial charge in [-0.25, -0.2) is 13.8 Å². The zero-order valence-corrected chi connectivity index (χ0v) is 15.4. The number of nitrogens with one attached hydrogen (secondary N) is 1. The van der Waals surface area contributed by atoms with E-state index in [1.807, 2.05) is 17.5 Å². The van der Waals surface area contributed by atoms with E-state index in [2.05, 4.69) is 10.3 Å². The Hall–Kier alpha value is -3.13.